The van der Waals surface area contributed by atoms with Gasteiger partial charge in [0.05, 0.1) is 22.0 Å². The van der Waals surface area contributed by atoms with Crippen molar-refractivity contribution in [2.24, 2.45) is 0 Å². The van der Waals surface area contributed by atoms with E-state index in [1.165, 1.54) is 48.3 Å². The molecule has 10 nitrogen and oxygen atoms in total. The Hall–Kier alpha value is -3.31. The third kappa shape index (κ3) is 5.55. The third-order valence-electron chi connectivity index (χ3n) is 5.27. The van der Waals surface area contributed by atoms with Crippen molar-refractivity contribution in [2.75, 3.05) is 25.2 Å². The van der Waals surface area contributed by atoms with Crippen molar-refractivity contribution in [1.29, 1.82) is 0 Å². The number of sulfone groups is 1. The second kappa shape index (κ2) is 9.67. The number of nitro groups is 1. The van der Waals surface area contributed by atoms with Crippen LogP contribution in [0.25, 0.3) is 0 Å². The molecule has 1 saturated heterocycles. The van der Waals surface area contributed by atoms with Gasteiger partial charge in [-0.05, 0) is 24.6 Å². The standard InChI is InChI=1S/C21H19ClN2O8S/c1-23(14-8-9-33(30,31)12-14)19(25)11-32-21(27)16-5-3-2-4-15(16)20(26)13-6-7-17(22)18(10-13)24(28)29/h2-7,10,14H,8-9,11-12H2,1H3. The number of carbonyl (C=O) groups is 3. The Morgan fingerprint density at radius 1 is 1.18 bits per heavy atom. The van der Waals surface area contributed by atoms with Crippen LogP contribution in [0.3, 0.4) is 0 Å². The predicted octanol–water partition coefficient (Wildman–Crippen LogP) is 2.28. The number of hydrogen-bond donors (Lipinski definition) is 0. The number of nitro benzene ring substituents is 1. The fourth-order valence-electron chi connectivity index (χ4n) is 3.40. The summed E-state index contributed by atoms with van der Waals surface area (Å²) in [6.45, 7) is -0.638. The van der Waals surface area contributed by atoms with E-state index in [-0.39, 0.29) is 33.2 Å². The van der Waals surface area contributed by atoms with Gasteiger partial charge in [0.2, 0.25) is 0 Å². The van der Waals surface area contributed by atoms with Gasteiger partial charge in [-0.2, -0.15) is 0 Å². The van der Waals surface area contributed by atoms with Gasteiger partial charge in [0.1, 0.15) is 5.02 Å². The van der Waals surface area contributed by atoms with Crippen LogP contribution in [0.4, 0.5) is 5.69 Å². The fraction of sp³-hybridized carbons (Fsp3) is 0.286. The largest absolute Gasteiger partial charge is 0.452 e. The zero-order chi connectivity index (χ0) is 24.3. The Morgan fingerprint density at radius 3 is 2.45 bits per heavy atom. The number of hydrogen-bond acceptors (Lipinski definition) is 8. The zero-order valence-electron chi connectivity index (χ0n) is 17.4. The number of ketones is 1. The number of nitrogens with zero attached hydrogens (tertiary/aromatic N) is 2. The first-order chi connectivity index (χ1) is 15.5. The molecule has 0 aliphatic carbocycles. The molecule has 12 heteroatoms. The van der Waals surface area contributed by atoms with E-state index in [1.807, 2.05) is 0 Å². The molecule has 1 atom stereocenters. The number of carbonyl (C=O) groups excluding carboxylic acids is 3. The normalized spacial score (nSPS) is 16.7. The van der Waals surface area contributed by atoms with Crippen LogP contribution in [0.15, 0.2) is 42.5 Å². The molecule has 1 fully saturated rings. The highest BCUT2D eigenvalue weighted by Crippen LogP contribution is 2.27. The quantitative estimate of drug-likeness (QED) is 0.247. The van der Waals surface area contributed by atoms with Gasteiger partial charge in [-0.3, -0.25) is 19.7 Å². The van der Waals surface area contributed by atoms with E-state index in [4.69, 9.17) is 16.3 Å². The molecule has 2 aromatic carbocycles. The van der Waals surface area contributed by atoms with Gasteiger partial charge in [0.25, 0.3) is 11.6 Å². The summed E-state index contributed by atoms with van der Waals surface area (Å²) in [6.07, 6.45) is 0.309. The molecule has 1 amide bonds. The smallest absolute Gasteiger partial charge is 0.339 e. The second-order valence-electron chi connectivity index (χ2n) is 7.44. The van der Waals surface area contributed by atoms with Crippen molar-refractivity contribution >= 4 is 44.8 Å². The lowest BCUT2D eigenvalue weighted by atomic mass is 9.98. The highest BCUT2D eigenvalue weighted by atomic mass is 35.5. The predicted molar refractivity (Wildman–Crippen MR) is 118 cm³/mol. The number of rotatable bonds is 7. The van der Waals surface area contributed by atoms with Crippen LogP contribution in [0.5, 0.6) is 0 Å². The highest BCUT2D eigenvalue weighted by molar-refractivity contribution is 7.91. The Morgan fingerprint density at radius 2 is 1.85 bits per heavy atom. The van der Waals surface area contributed by atoms with Gasteiger partial charge in [-0.25, -0.2) is 13.2 Å². The molecular formula is C21H19ClN2O8S. The summed E-state index contributed by atoms with van der Waals surface area (Å²) in [4.78, 5) is 49.5. The van der Waals surface area contributed by atoms with E-state index in [9.17, 15) is 32.9 Å². The fourth-order valence-corrected chi connectivity index (χ4v) is 5.36. The maximum atomic E-state index is 12.9. The maximum Gasteiger partial charge on any atom is 0.339 e. The number of ether oxygens (including phenoxy) is 1. The molecule has 1 heterocycles. The molecule has 0 aromatic heterocycles. The van der Waals surface area contributed by atoms with E-state index >= 15 is 0 Å². The molecule has 0 spiro atoms. The van der Waals surface area contributed by atoms with Crippen molar-refractivity contribution in [2.45, 2.75) is 12.5 Å². The summed E-state index contributed by atoms with van der Waals surface area (Å²) in [7, 11) is -1.75. The summed E-state index contributed by atoms with van der Waals surface area (Å²) < 4.78 is 28.3. The molecule has 0 saturated carbocycles. The summed E-state index contributed by atoms with van der Waals surface area (Å²) in [5.74, 6) is -2.34. The molecule has 2 aromatic rings. The first kappa shape index (κ1) is 24.3. The Bertz CT molecular complexity index is 1240. The molecule has 1 aliphatic rings. The van der Waals surface area contributed by atoms with E-state index in [1.54, 1.807) is 0 Å². The third-order valence-corrected chi connectivity index (χ3v) is 7.34. The van der Waals surface area contributed by atoms with Gasteiger partial charge < -0.3 is 9.64 Å². The monoisotopic (exact) mass is 494 g/mol. The summed E-state index contributed by atoms with van der Waals surface area (Å²) in [5, 5.41) is 11.0. The average molecular weight is 495 g/mol. The molecule has 1 unspecified atom stereocenters. The van der Waals surface area contributed by atoms with E-state index < -0.39 is 50.8 Å². The minimum Gasteiger partial charge on any atom is -0.452 e. The van der Waals surface area contributed by atoms with Gasteiger partial charge >= 0.3 is 5.97 Å². The minimum absolute atomic E-state index is 0.00653. The van der Waals surface area contributed by atoms with Crippen LogP contribution in [-0.4, -0.2) is 67.1 Å². The first-order valence-electron chi connectivity index (χ1n) is 9.71. The number of amides is 1. The molecule has 0 N–H and O–H groups in total. The van der Waals surface area contributed by atoms with Crippen LogP contribution in [0.1, 0.15) is 32.7 Å². The zero-order valence-corrected chi connectivity index (χ0v) is 19.0. The summed E-state index contributed by atoms with van der Waals surface area (Å²) in [6, 6.07) is 8.73. The van der Waals surface area contributed by atoms with Crippen molar-refractivity contribution in [3.05, 3.63) is 74.3 Å². The summed E-state index contributed by atoms with van der Waals surface area (Å²) >= 11 is 5.79. The lowest BCUT2D eigenvalue weighted by Gasteiger charge is -2.23. The van der Waals surface area contributed by atoms with E-state index in [0.717, 1.165) is 6.07 Å². The maximum absolute atomic E-state index is 12.9. The molecular weight excluding hydrogens is 476 g/mol. The van der Waals surface area contributed by atoms with Gasteiger partial charge in [0.15, 0.2) is 22.2 Å². The van der Waals surface area contributed by atoms with Crippen LogP contribution in [0, 0.1) is 10.1 Å². The highest BCUT2D eigenvalue weighted by Gasteiger charge is 2.33. The number of benzene rings is 2. The molecule has 0 radical (unpaired) electrons. The average Bonchev–Trinajstić information content (AvgIpc) is 3.15. The lowest BCUT2D eigenvalue weighted by Crippen LogP contribution is -2.40. The van der Waals surface area contributed by atoms with Crippen molar-refractivity contribution in [3.63, 3.8) is 0 Å². The molecule has 0 bridgehead atoms. The Kier molecular flexibility index (Phi) is 7.13. The van der Waals surface area contributed by atoms with Crippen LogP contribution in [0.2, 0.25) is 5.02 Å². The van der Waals surface area contributed by atoms with Crippen molar-refractivity contribution < 1.29 is 32.5 Å². The van der Waals surface area contributed by atoms with Crippen LogP contribution < -0.4 is 0 Å². The molecule has 174 valence electrons. The van der Waals surface area contributed by atoms with Crippen LogP contribution in [-0.2, 0) is 19.4 Å². The number of likely N-dealkylation sites (N-methyl/N-ethyl adjacent to an activating group) is 1. The number of esters is 1. The topological polar surface area (TPSA) is 141 Å². The minimum atomic E-state index is -3.19. The molecule has 33 heavy (non-hydrogen) atoms. The second-order valence-corrected chi connectivity index (χ2v) is 10.1. The van der Waals surface area contributed by atoms with Gasteiger partial charge in [-0.15, -0.1) is 0 Å². The number of halogens is 1. The van der Waals surface area contributed by atoms with Gasteiger partial charge in [0, 0.05) is 30.3 Å². The van der Waals surface area contributed by atoms with Crippen LogP contribution >= 0.6 is 11.6 Å². The van der Waals surface area contributed by atoms with E-state index in [0.29, 0.717) is 6.42 Å². The van der Waals surface area contributed by atoms with E-state index in [2.05, 4.69) is 0 Å². The Labute approximate surface area is 194 Å². The summed E-state index contributed by atoms with van der Waals surface area (Å²) in [5.41, 5.74) is -0.699. The van der Waals surface area contributed by atoms with Crippen molar-refractivity contribution in [3.8, 4) is 0 Å². The lowest BCUT2D eigenvalue weighted by molar-refractivity contribution is -0.384. The molecule has 3 rings (SSSR count). The first-order valence-corrected chi connectivity index (χ1v) is 11.9. The molecule has 1 aliphatic heterocycles. The van der Waals surface area contributed by atoms with Crippen molar-refractivity contribution in [1.82, 2.24) is 4.90 Å². The Balaban J connectivity index is 1.74. The SMILES string of the molecule is CN(C(=O)COC(=O)c1ccccc1C(=O)c1ccc(Cl)c([N+](=O)[O-])c1)C1CCS(=O)(=O)C1. The van der Waals surface area contributed by atoms with Gasteiger partial charge in [-0.1, -0.05) is 29.8 Å².